The van der Waals surface area contributed by atoms with Gasteiger partial charge in [0.1, 0.15) is 17.3 Å². The molecule has 0 aliphatic carbocycles. The third kappa shape index (κ3) is 4.55. The maximum absolute atomic E-state index is 11.5. The van der Waals surface area contributed by atoms with Gasteiger partial charge in [-0.1, -0.05) is 11.6 Å². The normalized spacial score (nSPS) is 12.2. The van der Waals surface area contributed by atoms with Gasteiger partial charge in [-0.2, -0.15) is 0 Å². The van der Waals surface area contributed by atoms with E-state index in [0.29, 0.717) is 23.8 Å². The maximum atomic E-state index is 11.5. The molecule has 1 aromatic rings. The quantitative estimate of drug-likeness (QED) is 0.802. The first-order valence-corrected chi connectivity index (χ1v) is 5.30. The van der Waals surface area contributed by atoms with Crippen LogP contribution in [0.15, 0.2) is 12.4 Å². The van der Waals surface area contributed by atoms with Gasteiger partial charge in [-0.05, 0) is 13.3 Å². The number of carbonyl (C=O) groups is 1. The Morgan fingerprint density at radius 3 is 3.00 bits per heavy atom. The fourth-order valence-electron chi connectivity index (χ4n) is 1.06. The van der Waals surface area contributed by atoms with E-state index < -0.39 is 0 Å². The monoisotopic (exact) mass is 243 g/mol. The van der Waals surface area contributed by atoms with Gasteiger partial charge in [-0.25, -0.2) is 9.97 Å². The van der Waals surface area contributed by atoms with E-state index in [2.05, 4.69) is 15.3 Å². The van der Waals surface area contributed by atoms with Crippen molar-refractivity contribution >= 4 is 23.3 Å². The largest absolute Gasteiger partial charge is 0.382 e. The lowest BCUT2D eigenvalue weighted by Gasteiger charge is -2.08. The Hall–Kier alpha value is -1.20. The van der Waals surface area contributed by atoms with Crippen LogP contribution in [0.1, 0.15) is 19.8 Å². The Kier molecular flexibility index (Phi) is 5.14. The lowest BCUT2D eigenvalue weighted by atomic mass is 10.2. The summed E-state index contributed by atoms with van der Waals surface area (Å²) in [6.07, 6.45) is 2.42. The number of methoxy groups -OCH3 is 1. The first-order chi connectivity index (χ1) is 7.61. The molecule has 0 aliphatic heterocycles. The first kappa shape index (κ1) is 12.9. The Labute approximate surface area is 99.2 Å². The molecule has 0 fully saturated rings. The fraction of sp³-hybridized carbons (Fsp3) is 0.500. The van der Waals surface area contributed by atoms with Crippen molar-refractivity contribution in [2.45, 2.75) is 25.9 Å². The minimum absolute atomic E-state index is 0.0692. The second-order valence-corrected chi connectivity index (χ2v) is 3.75. The van der Waals surface area contributed by atoms with Gasteiger partial charge in [0.15, 0.2) is 0 Å². The van der Waals surface area contributed by atoms with Crippen molar-refractivity contribution in [3.8, 4) is 0 Å². The molecule has 1 rings (SSSR count). The number of rotatable bonds is 5. The molecule has 1 heterocycles. The zero-order valence-electron chi connectivity index (χ0n) is 9.24. The van der Waals surface area contributed by atoms with Crippen molar-refractivity contribution < 1.29 is 9.53 Å². The zero-order valence-corrected chi connectivity index (χ0v) is 9.99. The number of halogens is 1. The Morgan fingerprint density at radius 2 is 2.38 bits per heavy atom. The van der Waals surface area contributed by atoms with E-state index in [1.165, 1.54) is 12.4 Å². The highest BCUT2D eigenvalue weighted by atomic mass is 35.5. The molecular formula is C10H14ClN3O2. The second-order valence-electron chi connectivity index (χ2n) is 3.36. The van der Waals surface area contributed by atoms with E-state index in [4.69, 9.17) is 16.3 Å². The van der Waals surface area contributed by atoms with Gasteiger partial charge in [0.2, 0.25) is 5.91 Å². The number of nitrogens with zero attached hydrogens (tertiary/aromatic N) is 2. The fourth-order valence-corrected chi connectivity index (χ4v) is 1.21. The van der Waals surface area contributed by atoms with E-state index in [1.807, 2.05) is 6.92 Å². The summed E-state index contributed by atoms with van der Waals surface area (Å²) in [7, 11) is 1.62. The van der Waals surface area contributed by atoms with Gasteiger partial charge in [-0.3, -0.25) is 4.79 Å². The third-order valence-corrected chi connectivity index (χ3v) is 2.29. The molecule has 0 saturated heterocycles. The van der Waals surface area contributed by atoms with Crippen LogP contribution in [-0.4, -0.2) is 29.1 Å². The molecule has 1 unspecified atom stereocenters. The van der Waals surface area contributed by atoms with Crippen LogP contribution in [0.3, 0.4) is 0 Å². The minimum atomic E-state index is -0.112. The molecule has 1 N–H and O–H groups in total. The SMILES string of the molecule is COC(C)CCC(=O)Nc1cc(Cl)ncn1. The van der Waals surface area contributed by atoms with Crippen LogP contribution >= 0.6 is 11.6 Å². The first-order valence-electron chi connectivity index (χ1n) is 4.92. The highest BCUT2D eigenvalue weighted by Crippen LogP contribution is 2.09. The predicted octanol–water partition coefficient (Wildman–Crippen LogP) is 1.88. The molecule has 1 atom stereocenters. The lowest BCUT2D eigenvalue weighted by molar-refractivity contribution is -0.116. The molecule has 0 aliphatic rings. The predicted molar refractivity (Wildman–Crippen MR) is 61.4 cm³/mol. The van der Waals surface area contributed by atoms with Crippen molar-refractivity contribution in [1.29, 1.82) is 0 Å². The van der Waals surface area contributed by atoms with Crippen molar-refractivity contribution in [2.24, 2.45) is 0 Å². The average Bonchev–Trinajstić information content (AvgIpc) is 2.26. The average molecular weight is 244 g/mol. The molecule has 6 heteroatoms. The Bertz CT molecular complexity index is 360. The lowest BCUT2D eigenvalue weighted by Crippen LogP contribution is -2.15. The molecular weight excluding hydrogens is 230 g/mol. The number of amides is 1. The molecule has 0 bridgehead atoms. The molecule has 1 amide bonds. The summed E-state index contributed by atoms with van der Waals surface area (Å²) in [6, 6.07) is 1.50. The van der Waals surface area contributed by atoms with Gasteiger partial charge in [0, 0.05) is 19.6 Å². The van der Waals surface area contributed by atoms with Gasteiger partial charge in [0.25, 0.3) is 0 Å². The molecule has 0 aromatic carbocycles. The zero-order chi connectivity index (χ0) is 12.0. The number of hydrogen-bond acceptors (Lipinski definition) is 4. The minimum Gasteiger partial charge on any atom is -0.382 e. The number of ether oxygens (including phenoxy) is 1. The Balaban J connectivity index is 2.40. The van der Waals surface area contributed by atoms with Crippen molar-refractivity contribution in [3.63, 3.8) is 0 Å². The van der Waals surface area contributed by atoms with Gasteiger partial charge in [0.05, 0.1) is 6.10 Å². The summed E-state index contributed by atoms with van der Waals surface area (Å²) in [4.78, 5) is 19.1. The number of carbonyl (C=O) groups excluding carboxylic acids is 1. The molecule has 0 saturated carbocycles. The highest BCUT2D eigenvalue weighted by Gasteiger charge is 2.07. The van der Waals surface area contributed by atoms with Crippen LogP contribution in [0.2, 0.25) is 5.15 Å². The summed E-state index contributed by atoms with van der Waals surface area (Å²) in [5.41, 5.74) is 0. The van der Waals surface area contributed by atoms with E-state index in [-0.39, 0.29) is 12.0 Å². The standard InChI is InChI=1S/C10H14ClN3O2/c1-7(16-2)3-4-10(15)14-9-5-8(11)12-6-13-9/h5-7H,3-4H2,1-2H3,(H,12,13,14,15). The van der Waals surface area contributed by atoms with E-state index in [1.54, 1.807) is 7.11 Å². The highest BCUT2D eigenvalue weighted by molar-refractivity contribution is 6.29. The molecule has 88 valence electrons. The smallest absolute Gasteiger partial charge is 0.225 e. The van der Waals surface area contributed by atoms with Gasteiger partial charge in [-0.15, -0.1) is 0 Å². The van der Waals surface area contributed by atoms with Crippen LogP contribution in [0, 0.1) is 0 Å². The molecule has 16 heavy (non-hydrogen) atoms. The third-order valence-electron chi connectivity index (χ3n) is 2.08. The van der Waals surface area contributed by atoms with Crippen molar-refractivity contribution in [1.82, 2.24) is 9.97 Å². The summed E-state index contributed by atoms with van der Waals surface area (Å²) in [6.45, 7) is 1.91. The number of aromatic nitrogens is 2. The van der Waals surface area contributed by atoms with Crippen LogP contribution in [0.5, 0.6) is 0 Å². The van der Waals surface area contributed by atoms with Gasteiger partial charge < -0.3 is 10.1 Å². The van der Waals surface area contributed by atoms with Crippen molar-refractivity contribution in [2.75, 3.05) is 12.4 Å². The van der Waals surface area contributed by atoms with Crippen molar-refractivity contribution in [3.05, 3.63) is 17.5 Å². The number of nitrogens with one attached hydrogen (secondary N) is 1. The molecule has 0 radical (unpaired) electrons. The summed E-state index contributed by atoms with van der Waals surface area (Å²) in [5.74, 6) is 0.300. The van der Waals surface area contributed by atoms with Crippen LogP contribution in [0.4, 0.5) is 5.82 Å². The van der Waals surface area contributed by atoms with Gasteiger partial charge >= 0.3 is 0 Å². The van der Waals surface area contributed by atoms with E-state index >= 15 is 0 Å². The Morgan fingerprint density at radius 1 is 1.62 bits per heavy atom. The van der Waals surface area contributed by atoms with E-state index in [0.717, 1.165) is 0 Å². The molecule has 1 aromatic heterocycles. The topological polar surface area (TPSA) is 64.1 Å². The summed E-state index contributed by atoms with van der Waals surface area (Å²) in [5, 5.41) is 2.93. The number of hydrogen-bond donors (Lipinski definition) is 1. The second kappa shape index (κ2) is 6.40. The summed E-state index contributed by atoms with van der Waals surface area (Å²) >= 11 is 5.66. The van der Waals surface area contributed by atoms with E-state index in [9.17, 15) is 4.79 Å². The van der Waals surface area contributed by atoms with Crippen LogP contribution < -0.4 is 5.32 Å². The summed E-state index contributed by atoms with van der Waals surface area (Å²) < 4.78 is 5.04. The molecule has 5 nitrogen and oxygen atoms in total. The van der Waals surface area contributed by atoms with Crippen LogP contribution in [0.25, 0.3) is 0 Å². The van der Waals surface area contributed by atoms with Crippen LogP contribution in [-0.2, 0) is 9.53 Å². The number of anilines is 1. The maximum Gasteiger partial charge on any atom is 0.225 e. The molecule has 0 spiro atoms.